The van der Waals surface area contributed by atoms with Crippen molar-refractivity contribution in [2.45, 2.75) is 13.2 Å². The van der Waals surface area contributed by atoms with Gasteiger partial charge in [0.2, 0.25) is 0 Å². The molecule has 0 spiro atoms. The number of hydrogen-bond donors (Lipinski definition) is 1. The Morgan fingerprint density at radius 2 is 2.03 bits per heavy atom. The SMILES string of the molecule is COc1ccc(NC(=O)c2ccc(Cn3cccn3)o2)cc1OCc1cn2ccccc2n1. The summed E-state index contributed by atoms with van der Waals surface area (Å²) in [6.07, 6.45) is 7.35. The number of aromatic nitrogens is 4. The van der Waals surface area contributed by atoms with Gasteiger partial charge in [0.05, 0.1) is 19.3 Å². The fraction of sp³-hybridized carbons (Fsp3) is 0.125. The highest BCUT2D eigenvalue weighted by molar-refractivity contribution is 6.02. The summed E-state index contributed by atoms with van der Waals surface area (Å²) in [4.78, 5) is 17.2. The Balaban J connectivity index is 1.27. The van der Waals surface area contributed by atoms with E-state index in [1.165, 1.54) is 0 Å². The van der Waals surface area contributed by atoms with E-state index in [1.54, 1.807) is 48.3 Å². The lowest BCUT2D eigenvalue weighted by molar-refractivity contribution is 0.0994. The Bertz CT molecular complexity index is 1350. The van der Waals surface area contributed by atoms with E-state index in [2.05, 4.69) is 15.4 Å². The molecular formula is C24H21N5O4. The van der Waals surface area contributed by atoms with E-state index >= 15 is 0 Å². The molecule has 5 aromatic rings. The van der Waals surface area contributed by atoms with Crippen LogP contribution >= 0.6 is 0 Å². The molecule has 1 N–H and O–H groups in total. The van der Waals surface area contributed by atoms with Crippen LogP contribution in [0.4, 0.5) is 5.69 Å². The molecule has 0 atom stereocenters. The summed E-state index contributed by atoms with van der Waals surface area (Å²) in [5.74, 6) is 1.52. The topological polar surface area (TPSA) is 95.8 Å². The highest BCUT2D eigenvalue weighted by Crippen LogP contribution is 2.31. The third-order valence-corrected chi connectivity index (χ3v) is 4.97. The molecule has 4 heterocycles. The van der Waals surface area contributed by atoms with Crippen molar-refractivity contribution in [1.82, 2.24) is 19.2 Å². The number of rotatable bonds is 8. The largest absolute Gasteiger partial charge is 0.493 e. The molecular weight excluding hydrogens is 422 g/mol. The summed E-state index contributed by atoms with van der Waals surface area (Å²) >= 11 is 0. The molecule has 4 aromatic heterocycles. The number of anilines is 1. The number of methoxy groups -OCH3 is 1. The Hall–Kier alpha value is -4.53. The molecule has 0 aliphatic carbocycles. The van der Waals surface area contributed by atoms with E-state index in [1.807, 2.05) is 47.3 Å². The number of nitrogens with zero attached hydrogens (tertiary/aromatic N) is 4. The predicted octanol–water partition coefficient (Wildman–Crippen LogP) is 4.01. The smallest absolute Gasteiger partial charge is 0.291 e. The first kappa shape index (κ1) is 20.4. The molecule has 0 saturated heterocycles. The van der Waals surface area contributed by atoms with Crippen LogP contribution in [0, 0.1) is 0 Å². The number of ether oxygens (including phenoxy) is 2. The lowest BCUT2D eigenvalue weighted by atomic mass is 10.2. The number of carbonyl (C=O) groups is 1. The second-order valence-corrected chi connectivity index (χ2v) is 7.28. The number of furan rings is 1. The predicted molar refractivity (Wildman–Crippen MR) is 121 cm³/mol. The number of carbonyl (C=O) groups excluding carboxylic acids is 1. The van der Waals surface area contributed by atoms with Gasteiger partial charge < -0.3 is 23.6 Å². The Labute approximate surface area is 189 Å². The molecule has 0 unspecified atom stereocenters. The van der Waals surface area contributed by atoms with Crippen molar-refractivity contribution in [3.8, 4) is 11.5 Å². The van der Waals surface area contributed by atoms with E-state index in [0.717, 1.165) is 11.3 Å². The van der Waals surface area contributed by atoms with Crippen LogP contribution in [0.1, 0.15) is 22.0 Å². The maximum absolute atomic E-state index is 12.7. The zero-order chi connectivity index (χ0) is 22.6. The van der Waals surface area contributed by atoms with Crippen LogP contribution < -0.4 is 14.8 Å². The van der Waals surface area contributed by atoms with Crippen molar-refractivity contribution >= 4 is 17.2 Å². The molecule has 9 heteroatoms. The number of fused-ring (bicyclic) bond motifs is 1. The first-order valence-electron chi connectivity index (χ1n) is 10.3. The van der Waals surface area contributed by atoms with Gasteiger partial charge in [-0.2, -0.15) is 5.10 Å². The highest BCUT2D eigenvalue weighted by atomic mass is 16.5. The summed E-state index contributed by atoms with van der Waals surface area (Å²) in [6, 6.07) is 16.2. The number of nitrogens with one attached hydrogen (secondary N) is 1. The molecule has 0 fully saturated rings. The summed E-state index contributed by atoms with van der Waals surface area (Å²) in [7, 11) is 1.56. The number of benzene rings is 1. The van der Waals surface area contributed by atoms with E-state index in [4.69, 9.17) is 13.9 Å². The highest BCUT2D eigenvalue weighted by Gasteiger charge is 2.14. The van der Waals surface area contributed by atoms with Crippen LogP contribution in [0.2, 0.25) is 0 Å². The lowest BCUT2D eigenvalue weighted by Crippen LogP contribution is -2.11. The van der Waals surface area contributed by atoms with E-state index in [-0.39, 0.29) is 18.3 Å². The minimum atomic E-state index is -0.363. The van der Waals surface area contributed by atoms with Crippen molar-refractivity contribution < 1.29 is 18.7 Å². The first-order valence-corrected chi connectivity index (χ1v) is 10.3. The quantitative estimate of drug-likeness (QED) is 0.389. The Morgan fingerprint density at radius 1 is 1.09 bits per heavy atom. The lowest BCUT2D eigenvalue weighted by Gasteiger charge is -2.12. The van der Waals surface area contributed by atoms with Gasteiger partial charge in [0, 0.05) is 36.5 Å². The molecule has 0 radical (unpaired) electrons. The van der Waals surface area contributed by atoms with Crippen LogP contribution in [0.15, 0.2) is 83.8 Å². The minimum Gasteiger partial charge on any atom is -0.493 e. The monoisotopic (exact) mass is 443 g/mol. The van der Waals surface area contributed by atoms with Gasteiger partial charge in [-0.1, -0.05) is 6.07 Å². The normalized spacial score (nSPS) is 10.9. The van der Waals surface area contributed by atoms with Gasteiger partial charge >= 0.3 is 0 Å². The van der Waals surface area contributed by atoms with Gasteiger partial charge in [-0.05, 0) is 42.5 Å². The molecule has 33 heavy (non-hydrogen) atoms. The van der Waals surface area contributed by atoms with E-state index in [9.17, 15) is 4.79 Å². The molecule has 0 aliphatic rings. The Morgan fingerprint density at radius 3 is 2.85 bits per heavy atom. The van der Waals surface area contributed by atoms with Crippen molar-refractivity contribution in [2.24, 2.45) is 0 Å². The van der Waals surface area contributed by atoms with Crippen molar-refractivity contribution in [2.75, 3.05) is 12.4 Å². The summed E-state index contributed by atoms with van der Waals surface area (Å²) in [5.41, 5.74) is 2.17. The number of pyridine rings is 1. The van der Waals surface area contributed by atoms with Gasteiger partial charge in [0.15, 0.2) is 17.3 Å². The van der Waals surface area contributed by atoms with Gasteiger partial charge in [0.1, 0.15) is 18.0 Å². The number of imidazole rings is 1. The molecule has 1 amide bonds. The van der Waals surface area contributed by atoms with Crippen LogP contribution in [0.25, 0.3) is 5.65 Å². The van der Waals surface area contributed by atoms with Crippen molar-refractivity contribution in [1.29, 1.82) is 0 Å². The van der Waals surface area contributed by atoms with Gasteiger partial charge in [0.25, 0.3) is 5.91 Å². The van der Waals surface area contributed by atoms with E-state index < -0.39 is 0 Å². The fourth-order valence-electron chi connectivity index (χ4n) is 3.41. The average Bonchev–Trinajstić information content (AvgIpc) is 3.59. The number of amides is 1. The molecule has 0 bridgehead atoms. The summed E-state index contributed by atoms with van der Waals surface area (Å²) < 4.78 is 20.7. The molecule has 5 rings (SSSR count). The van der Waals surface area contributed by atoms with Gasteiger partial charge in [-0.15, -0.1) is 0 Å². The van der Waals surface area contributed by atoms with Crippen LogP contribution in [0.3, 0.4) is 0 Å². The number of hydrogen-bond acceptors (Lipinski definition) is 6. The first-order chi connectivity index (χ1) is 16.2. The second-order valence-electron chi connectivity index (χ2n) is 7.28. The maximum Gasteiger partial charge on any atom is 0.291 e. The van der Waals surface area contributed by atoms with Crippen molar-refractivity contribution in [3.63, 3.8) is 0 Å². The third-order valence-electron chi connectivity index (χ3n) is 4.97. The van der Waals surface area contributed by atoms with Crippen LogP contribution in [-0.4, -0.2) is 32.2 Å². The zero-order valence-electron chi connectivity index (χ0n) is 17.8. The van der Waals surface area contributed by atoms with Crippen LogP contribution in [0.5, 0.6) is 11.5 Å². The molecule has 0 saturated carbocycles. The molecule has 9 nitrogen and oxygen atoms in total. The van der Waals surface area contributed by atoms with Gasteiger partial charge in [-0.25, -0.2) is 4.98 Å². The standard InChI is InChI=1S/C24H21N5O4/c1-31-20-8-6-17(13-22(20)32-16-18-14-28-11-3-2-5-23(28)26-18)27-24(30)21-9-7-19(33-21)15-29-12-4-10-25-29/h2-14H,15-16H2,1H3,(H,27,30). The minimum absolute atomic E-state index is 0.208. The second kappa shape index (κ2) is 8.91. The fourth-order valence-corrected chi connectivity index (χ4v) is 3.41. The summed E-state index contributed by atoms with van der Waals surface area (Å²) in [5, 5.41) is 6.97. The molecule has 1 aromatic carbocycles. The Kier molecular flexibility index (Phi) is 5.50. The maximum atomic E-state index is 12.7. The molecule has 0 aliphatic heterocycles. The van der Waals surface area contributed by atoms with Crippen molar-refractivity contribution in [3.05, 3.63) is 96.6 Å². The average molecular weight is 443 g/mol. The van der Waals surface area contributed by atoms with Gasteiger partial charge in [-0.3, -0.25) is 9.48 Å². The van der Waals surface area contributed by atoms with E-state index in [0.29, 0.717) is 29.5 Å². The molecule has 166 valence electrons. The zero-order valence-corrected chi connectivity index (χ0v) is 17.8. The summed E-state index contributed by atoms with van der Waals surface area (Å²) in [6.45, 7) is 0.703. The van der Waals surface area contributed by atoms with Crippen LogP contribution in [-0.2, 0) is 13.2 Å². The third kappa shape index (κ3) is 4.57.